The average Bonchev–Trinajstić information content (AvgIpc) is 2.72. The van der Waals surface area contributed by atoms with Gasteiger partial charge in [-0.25, -0.2) is 14.2 Å². The molecule has 10 heteroatoms. The van der Waals surface area contributed by atoms with Crippen molar-refractivity contribution in [2.45, 2.75) is 13.0 Å². The van der Waals surface area contributed by atoms with E-state index in [4.69, 9.17) is 21.6 Å². The number of benzene rings is 1. The molecule has 7 N–H and O–H groups in total. The molecule has 0 unspecified atom stereocenters. The fourth-order valence-electron chi connectivity index (χ4n) is 2.81. The molecule has 9 nitrogen and oxygen atoms in total. The minimum absolute atomic E-state index is 0.000437. The zero-order valence-electron chi connectivity index (χ0n) is 16.4. The average molecular weight is 412 g/mol. The van der Waals surface area contributed by atoms with Crippen LogP contribution in [0.5, 0.6) is 5.75 Å². The minimum Gasteiger partial charge on any atom is -0.482 e. The lowest BCUT2D eigenvalue weighted by Gasteiger charge is -2.19. The van der Waals surface area contributed by atoms with Crippen molar-refractivity contribution in [1.29, 1.82) is 10.7 Å². The number of aromatic carboxylic acids is 1. The first-order valence-corrected chi connectivity index (χ1v) is 8.78. The summed E-state index contributed by atoms with van der Waals surface area (Å²) in [5.74, 6) is -1.76. The van der Waals surface area contributed by atoms with Gasteiger partial charge in [0.25, 0.3) is 0 Å². The molecule has 1 aromatic heterocycles. The summed E-state index contributed by atoms with van der Waals surface area (Å²) in [6.07, 6.45) is 0.485. The summed E-state index contributed by atoms with van der Waals surface area (Å²) >= 11 is 0. The summed E-state index contributed by atoms with van der Waals surface area (Å²) in [7, 11) is 1.53. The van der Waals surface area contributed by atoms with Crippen LogP contribution in [0.15, 0.2) is 36.2 Å². The zero-order chi connectivity index (χ0) is 22.4. The molecule has 156 valence electrons. The number of nitrogens with two attached hydrogens (primary N) is 2. The third-order valence-electron chi connectivity index (χ3n) is 4.27. The molecule has 2 rings (SSSR count). The fraction of sp³-hybridized carbons (Fsp3) is 0.200. The number of hydrogen-bond acceptors (Lipinski definition) is 8. The summed E-state index contributed by atoms with van der Waals surface area (Å²) < 4.78 is 19.5. The number of carboxylic acids is 1. The van der Waals surface area contributed by atoms with Gasteiger partial charge in [0.2, 0.25) is 0 Å². The van der Waals surface area contributed by atoms with Crippen LogP contribution in [0.3, 0.4) is 0 Å². The summed E-state index contributed by atoms with van der Waals surface area (Å²) in [5.41, 5.74) is 12.1. The van der Waals surface area contributed by atoms with E-state index in [9.17, 15) is 19.6 Å². The van der Waals surface area contributed by atoms with Crippen molar-refractivity contribution >= 4 is 23.1 Å². The maximum atomic E-state index is 13.7. The van der Waals surface area contributed by atoms with Crippen molar-refractivity contribution in [3.8, 4) is 11.8 Å². The molecule has 1 aromatic carbocycles. The van der Waals surface area contributed by atoms with Crippen LogP contribution in [-0.4, -0.2) is 35.4 Å². The Morgan fingerprint density at radius 3 is 2.73 bits per heavy atom. The van der Waals surface area contributed by atoms with Crippen LogP contribution in [0.4, 0.5) is 10.2 Å². The number of aromatic nitrogens is 1. The standard InChI is InChI=1S/C20H21FN6O3/c1-10(14-6-12(21)3-4-13(14)20(28)29)30-17-5-11(9-27-19(17)25)18(15(24)7-22)16(8-23)26-2/h3-6,9-10,24,26H,7,22H2,1-2H3,(H2,25,27)(H,28,29)/b18-16-,24-15?/t10-/m1/s1. The molecule has 0 saturated carbocycles. The third kappa shape index (κ3) is 4.71. The summed E-state index contributed by atoms with van der Waals surface area (Å²) in [6, 6.07) is 6.70. The molecule has 0 amide bonds. The Labute approximate surface area is 172 Å². The number of hydrogen-bond donors (Lipinski definition) is 5. The third-order valence-corrected chi connectivity index (χ3v) is 4.27. The van der Waals surface area contributed by atoms with E-state index in [1.807, 2.05) is 6.07 Å². The van der Waals surface area contributed by atoms with Crippen molar-refractivity contribution < 1.29 is 19.0 Å². The van der Waals surface area contributed by atoms with Crippen LogP contribution in [0.25, 0.3) is 5.57 Å². The van der Waals surface area contributed by atoms with Gasteiger partial charge in [0.1, 0.15) is 23.7 Å². The molecule has 1 atom stereocenters. The number of nitrogens with one attached hydrogen (secondary N) is 2. The highest BCUT2D eigenvalue weighted by Crippen LogP contribution is 2.31. The van der Waals surface area contributed by atoms with Crippen molar-refractivity contribution in [3.63, 3.8) is 0 Å². The van der Waals surface area contributed by atoms with E-state index in [2.05, 4.69) is 10.3 Å². The molecule has 1 heterocycles. The predicted octanol–water partition coefficient (Wildman–Crippen LogP) is 2.07. The molecule has 30 heavy (non-hydrogen) atoms. The first kappa shape index (κ1) is 22.3. The highest BCUT2D eigenvalue weighted by molar-refractivity contribution is 6.24. The number of rotatable bonds is 8. The van der Waals surface area contributed by atoms with Gasteiger partial charge in [-0.3, -0.25) is 0 Å². The van der Waals surface area contributed by atoms with E-state index >= 15 is 0 Å². The Morgan fingerprint density at radius 2 is 2.17 bits per heavy atom. The second-order valence-electron chi connectivity index (χ2n) is 6.20. The fourth-order valence-corrected chi connectivity index (χ4v) is 2.81. The van der Waals surface area contributed by atoms with E-state index in [0.717, 1.165) is 18.2 Å². The van der Waals surface area contributed by atoms with Crippen LogP contribution in [0, 0.1) is 22.6 Å². The Balaban J connectivity index is 2.52. The zero-order valence-corrected chi connectivity index (χ0v) is 16.4. The summed E-state index contributed by atoms with van der Waals surface area (Å²) in [4.78, 5) is 15.5. The SMILES string of the molecule is CN/C(C#N)=C(\C(=N)CN)c1cnc(N)c(O[C@H](C)c2cc(F)ccc2C(=O)O)c1. The molecule has 0 aliphatic heterocycles. The highest BCUT2D eigenvalue weighted by Gasteiger charge is 2.21. The molecule has 0 aliphatic carbocycles. The Hall–Kier alpha value is -3.97. The van der Waals surface area contributed by atoms with Gasteiger partial charge in [0, 0.05) is 36.5 Å². The van der Waals surface area contributed by atoms with Gasteiger partial charge in [-0.15, -0.1) is 0 Å². The second kappa shape index (κ2) is 9.49. The Bertz CT molecular complexity index is 1060. The number of nitrogen functional groups attached to an aromatic ring is 1. The van der Waals surface area contributed by atoms with Crippen molar-refractivity contribution in [1.82, 2.24) is 10.3 Å². The molecule has 0 fully saturated rings. The predicted molar refractivity (Wildman–Crippen MR) is 109 cm³/mol. The first-order valence-electron chi connectivity index (χ1n) is 8.78. The number of carboxylic acid groups (broad SMARTS) is 1. The molecular weight excluding hydrogens is 391 g/mol. The number of ether oxygens (including phenoxy) is 1. The number of anilines is 1. The van der Waals surface area contributed by atoms with Crippen molar-refractivity contribution in [2.75, 3.05) is 19.3 Å². The van der Waals surface area contributed by atoms with Gasteiger partial charge in [0.15, 0.2) is 11.6 Å². The lowest BCUT2D eigenvalue weighted by Crippen LogP contribution is -2.19. The molecule has 0 bridgehead atoms. The van der Waals surface area contributed by atoms with Gasteiger partial charge < -0.3 is 32.0 Å². The van der Waals surface area contributed by atoms with E-state index < -0.39 is 17.9 Å². The van der Waals surface area contributed by atoms with E-state index in [0.29, 0.717) is 5.56 Å². The molecular formula is C20H21FN6O3. The van der Waals surface area contributed by atoms with Gasteiger partial charge in [-0.1, -0.05) is 0 Å². The van der Waals surface area contributed by atoms with E-state index in [-0.39, 0.29) is 46.2 Å². The molecule has 0 aliphatic rings. The quantitative estimate of drug-likeness (QED) is 0.324. The van der Waals surface area contributed by atoms with Crippen molar-refractivity contribution in [2.24, 2.45) is 5.73 Å². The molecule has 0 saturated heterocycles. The molecule has 2 aromatic rings. The van der Waals surface area contributed by atoms with Crippen LogP contribution in [-0.2, 0) is 0 Å². The van der Waals surface area contributed by atoms with Crippen LogP contribution < -0.4 is 21.5 Å². The lowest BCUT2D eigenvalue weighted by atomic mass is 10.00. The number of nitriles is 1. The number of allylic oxidation sites excluding steroid dienone is 1. The Morgan fingerprint density at radius 1 is 1.47 bits per heavy atom. The number of pyridine rings is 1. The lowest BCUT2D eigenvalue weighted by molar-refractivity contribution is 0.0691. The van der Waals surface area contributed by atoms with Gasteiger partial charge >= 0.3 is 5.97 Å². The topological polar surface area (TPSA) is 171 Å². The number of halogens is 1. The monoisotopic (exact) mass is 412 g/mol. The normalized spacial score (nSPS) is 12.4. The molecule has 0 radical (unpaired) electrons. The van der Waals surface area contributed by atoms with E-state index in [1.54, 1.807) is 6.92 Å². The molecule has 0 spiro atoms. The van der Waals surface area contributed by atoms with Crippen LogP contribution >= 0.6 is 0 Å². The van der Waals surface area contributed by atoms with E-state index in [1.165, 1.54) is 19.3 Å². The van der Waals surface area contributed by atoms with Crippen LogP contribution in [0.1, 0.15) is 34.5 Å². The number of nitrogens with zero attached hydrogens (tertiary/aromatic N) is 2. The summed E-state index contributed by atoms with van der Waals surface area (Å²) in [6.45, 7) is 1.42. The maximum absolute atomic E-state index is 13.7. The van der Waals surface area contributed by atoms with Gasteiger partial charge in [-0.2, -0.15) is 5.26 Å². The van der Waals surface area contributed by atoms with Crippen molar-refractivity contribution in [3.05, 3.63) is 58.7 Å². The van der Waals surface area contributed by atoms with Gasteiger partial charge in [0.05, 0.1) is 11.3 Å². The minimum atomic E-state index is -1.23. The maximum Gasteiger partial charge on any atom is 0.336 e. The largest absolute Gasteiger partial charge is 0.482 e. The Kier molecular flexibility index (Phi) is 7.06. The first-order chi connectivity index (χ1) is 14.2. The second-order valence-corrected chi connectivity index (χ2v) is 6.20. The van der Waals surface area contributed by atoms with Gasteiger partial charge in [-0.05, 0) is 31.2 Å². The summed E-state index contributed by atoms with van der Waals surface area (Å²) in [5, 5.41) is 29.5. The van der Waals surface area contributed by atoms with Crippen LogP contribution in [0.2, 0.25) is 0 Å². The smallest absolute Gasteiger partial charge is 0.336 e. The number of carbonyl (C=O) groups is 1. The highest BCUT2D eigenvalue weighted by atomic mass is 19.1.